The Morgan fingerprint density at radius 2 is 1.68 bits per heavy atom. The maximum atomic E-state index is 14.4. The fourth-order valence-corrected chi connectivity index (χ4v) is 4.15. The molecule has 186 valence electrons. The van der Waals surface area contributed by atoms with E-state index < -0.39 is 45.8 Å². The molecule has 10 heteroatoms. The van der Waals surface area contributed by atoms with E-state index in [1.807, 2.05) is 0 Å². The number of methoxy groups -OCH3 is 1. The number of nitrogens with zero attached hydrogens (tertiary/aromatic N) is 2. The van der Waals surface area contributed by atoms with Gasteiger partial charge in [0, 0.05) is 17.6 Å². The molecular weight excluding hydrogens is 461 g/mol. The Hall–Kier alpha value is -3.14. The Morgan fingerprint density at radius 1 is 1.09 bits per heavy atom. The summed E-state index contributed by atoms with van der Waals surface area (Å²) >= 11 is 0. The molecule has 2 amide bonds. The molecule has 34 heavy (non-hydrogen) atoms. The third-order valence-electron chi connectivity index (χ3n) is 5.00. The van der Waals surface area contributed by atoms with Crippen molar-refractivity contribution in [3.8, 4) is 5.75 Å². The highest BCUT2D eigenvalue weighted by Crippen LogP contribution is 2.29. The predicted octanol–water partition coefficient (Wildman–Crippen LogP) is 2.93. The third-order valence-corrected chi connectivity index (χ3v) is 6.12. The first-order valence-corrected chi connectivity index (χ1v) is 12.5. The van der Waals surface area contributed by atoms with E-state index in [-0.39, 0.29) is 23.5 Å². The maximum absolute atomic E-state index is 14.4. The summed E-state index contributed by atoms with van der Waals surface area (Å²) < 4.78 is 45.8. The highest BCUT2D eigenvalue weighted by Gasteiger charge is 2.32. The molecule has 2 aromatic carbocycles. The molecule has 1 atom stereocenters. The van der Waals surface area contributed by atoms with E-state index in [0.29, 0.717) is 0 Å². The number of hydrogen-bond acceptors (Lipinski definition) is 5. The molecule has 8 nitrogen and oxygen atoms in total. The highest BCUT2D eigenvalue weighted by molar-refractivity contribution is 7.92. The number of sulfonamides is 1. The summed E-state index contributed by atoms with van der Waals surface area (Å²) in [6, 6.07) is 11.3. The Balaban J connectivity index is 2.46. The molecule has 0 fully saturated rings. The van der Waals surface area contributed by atoms with Gasteiger partial charge in [-0.15, -0.1) is 0 Å². The predicted molar refractivity (Wildman–Crippen MR) is 129 cm³/mol. The number of nitrogens with one attached hydrogen (secondary N) is 1. The van der Waals surface area contributed by atoms with E-state index in [2.05, 4.69) is 5.32 Å². The van der Waals surface area contributed by atoms with Gasteiger partial charge >= 0.3 is 0 Å². The van der Waals surface area contributed by atoms with Gasteiger partial charge in [0.1, 0.15) is 24.2 Å². The zero-order valence-corrected chi connectivity index (χ0v) is 21.1. The molecular formula is C24H32FN3O5S. The molecule has 0 saturated carbocycles. The van der Waals surface area contributed by atoms with Gasteiger partial charge < -0.3 is 15.0 Å². The molecule has 0 spiro atoms. The number of benzene rings is 2. The van der Waals surface area contributed by atoms with Gasteiger partial charge in [0.25, 0.3) is 0 Å². The van der Waals surface area contributed by atoms with Crippen molar-refractivity contribution in [3.05, 3.63) is 59.9 Å². The van der Waals surface area contributed by atoms with Crippen LogP contribution in [0.25, 0.3) is 0 Å². The molecule has 2 aromatic rings. The molecule has 0 aliphatic heterocycles. The van der Waals surface area contributed by atoms with Crippen LogP contribution in [0.3, 0.4) is 0 Å². The number of carbonyl (C=O) groups excluding carboxylic acids is 2. The average molecular weight is 494 g/mol. The molecule has 2 rings (SSSR count). The van der Waals surface area contributed by atoms with Crippen LogP contribution >= 0.6 is 0 Å². The SMILES string of the molecule is COc1ccccc1N(CC(=O)N(Cc1ccccc1F)C(C)C(=O)NC(C)(C)C)S(C)(=O)=O. The second-order valence-corrected chi connectivity index (χ2v) is 10.9. The average Bonchev–Trinajstić information content (AvgIpc) is 2.74. The minimum absolute atomic E-state index is 0.179. The van der Waals surface area contributed by atoms with Crippen molar-refractivity contribution in [2.45, 2.75) is 45.8 Å². The smallest absolute Gasteiger partial charge is 0.244 e. The van der Waals surface area contributed by atoms with Crippen molar-refractivity contribution in [1.29, 1.82) is 0 Å². The molecule has 0 heterocycles. The second-order valence-electron chi connectivity index (χ2n) is 8.97. The first-order valence-electron chi connectivity index (χ1n) is 10.7. The van der Waals surface area contributed by atoms with E-state index in [1.165, 1.54) is 43.2 Å². The summed E-state index contributed by atoms with van der Waals surface area (Å²) in [5.74, 6) is -1.38. The number of ether oxygens (including phenoxy) is 1. The van der Waals surface area contributed by atoms with Gasteiger partial charge in [0.05, 0.1) is 19.1 Å². The minimum atomic E-state index is -3.90. The Morgan fingerprint density at radius 3 is 2.24 bits per heavy atom. The number of amides is 2. The van der Waals surface area contributed by atoms with E-state index in [1.54, 1.807) is 45.0 Å². The van der Waals surface area contributed by atoms with Crippen LogP contribution in [0.1, 0.15) is 33.3 Å². The fraction of sp³-hybridized carbons (Fsp3) is 0.417. The van der Waals surface area contributed by atoms with E-state index in [0.717, 1.165) is 10.6 Å². The van der Waals surface area contributed by atoms with Crippen LogP contribution in [0, 0.1) is 5.82 Å². The van der Waals surface area contributed by atoms with Crippen LogP contribution in [-0.2, 0) is 26.2 Å². The summed E-state index contributed by atoms with van der Waals surface area (Å²) in [4.78, 5) is 27.5. The van der Waals surface area contributed by atoms with Crippen molar-refractivity contribution < 1.29 is 27.1 Å². The van der Waals surface area contributed by atoms with E-state index >= 15 is 0 Å². The zero-order chi connectivity index (χ0) is 25.7. The number of anilines is 1. The lowest BCUT2D eigenvalue weighted by molar-refractivity contribution is -0.140. The Labute approximate surface area is 200 Å². The Bertz CT molecular complexity index is 1130. The van der Waals surface area contributed by atoms with Crippen LogP contribution in [0.4, 0.5) is 10.1 Å². The third kappa shape index (κ3) is 7.18. The molecule has 0 saturated heterocycles. The molecule has 1 unspecified atom stereocenters. The quantitative estimate of drug-likeness (QED) is 0.580. The summed E-state index contributed by atoms with van der Waals surface area (Å²) in [5, 5.41) is 2.81. The lowest BCUT2D eigenvalue weighted by Gasteiger charge is -2.33. The van der Waals surface area contributed by atoms with Crippen molar-refractivity contribution in [2.24, 2.45) is 0 Å². The molecule has 0 radical (unpaired) electrons. The largest absolute Gasteiger partial charge is 0.495 e. The van der Waals surface area contributed by atoms with Gasteiger partial charge in [-0.2, -0.15) is 0 Å². The van der Waals surface area contributed by atoms with E-state index in [9.17, 15) is 22.4 Å². The summed E-state index contributed by atoms with van der Waals surface area (Å²) in [6.07, 6.45) is 0.976. The molecule has 0 aliphatic rings. The van der Waals surface area contributed by atoms with Crippen molar-refractivity contribution in [2.75, 3.05) is 24.2 Å². The minimum Gasteiger partial charge on any atom is -0.495 e. The number of rotatable bonds is 9. The lowest BCUT2D eigenvalue weighted by Crippen LogP contribution is -2.54. The van der Waals surface area contributed by atoms with Crippen LogP contribution < -0.4 is 14.4 Å². The first-order chi connectivity index (χ1) is 15.7. The van der Waals surface area contributed by atoms with Gasteiger partial charge in [-0.05, 0) is 45.9 Å². The first kappa shape index (κ1) is 27.1. The zero-order valence-electron chi connectivity index (χ0n) is 20.3. The molecule has 0 bridgehead atoms. The summed E-state index contributed by atoms with van der Waals surface area (Å²) in [7, 11) is -2.51. The second kappa shape index (κ2) is 10.9. The fourth-order valence-electron chi connectivity index (χ4n) is 3.30. The summed E-state index contributed by atoms with van der Waals surface area (Å²) in [6.45, 7) is 6.11. The van der Waals surface area contributed by atoms with Gasteiger partial charge in [-0.1, -0.05) is 30.3 Å². The van der Waals surface area contributed by atoms with Gasteiger partial charge in [0.2, 0.25) is 21.8 Å². The highest BCUT2D eigenvalue weighted by atomic mass is 32.2. The van der Waals surface area contributed by atoms with Crippen molar-refractivity contribution >= 4 is 27.5 Å². The van der Waals surface area contributed by atoms with Crippen molar-refractivity contribution in [3.63, 3.8) is 0 Å². The normalized spacial score (nSPS) is 12.6. The van der Waals surface area contributed by atoms with Crippen LogP contribution in [0.15, 0.2) is 48.5 Å². The van der Waals surface area contributed by atoms with Gasteiger partial charge in [0.15, 0.2) is 0 Å². The number of para-hydroxylation sites is 2. The Kier molecular flexibility index (Phi) is 8.66. The van der Waals surface area contributed by atoms with Crippen LogP contribution in [0.5, 0.6) is 5.75 Å². The number of halogens is 1. The molecule has 0 aliphatic carbocycles. The summed E-state index contributed by atoms with van der Waals surface area (Å²) in [5.41, 5.74) is -0.179. The topological polar surface area (TPSA) is 96.0 Å². The standard InChI is InChI=1S/C24H32FN3O5S/c1-17(23(30)26-24(2,3)4)27(15-18-11-7-8-12-19(18)25)22(29)16-28(34(6,31)32)20-13-9-10-14-21(20)33-5/h7-14,17H,15-16H2,1-6H3,(H,26,30). The van der Waals surface area contributed by atoms with Gasteiger partial charge in [-0.25, -0.2) is 12.8 Å². The van der Waals surface area contributed by atoms with E-state index in [4.69, 9.17) is 4.74 Å². The monoisotopic (exact) mass is 493 g/mol. The number of hydrogen-bond donors (Lipinski definition) is 1. The van der Waals surface area contributed by atoms with Crippen LogP contribution in [0.2, 0.25) is 0 Å². The molecule has 1 N–H and O–H groups in total. The van der Waals surface area contributed by atoms with Crippen LogP contribution in [-0.4, -0.2) is 56.6 Å². The maximum Gasteiger partial charge on any atom is 0.244 e. The molecule has 0 aromatic heterocycles. The lowest BCUT2D eigenvalue weighted by atomic mass is 10.1. The number of carbonyl (C=O) groups is 2. The van der Waals surface area contributed by atoms with Crippen molar-refractivity contribution in [1.82, 2.24) is 10.2 Å². The van der Waals surface area contributed by atoms with Gasteiger partial charge in [-0.3, -0.25) is 13.9 Å².